The van der Waals surface area contributed by atoms with Gasteiger partial charge in [-0.3, -0.25) is 9.59 Å². The Morgan fingerprint density at radius 3 is 2.25 bits per heavy atom. The molecule has 2 rings (SSSR count). The van der Waals surface area contributed by atoms with Crippen LogP contribution in [0, 0.1) is 0 Å². The number of para-hydroxylation sites is 1. The Bertz CT molecular complexity index is 904. The van der Waals surface area contributed by atoms with Crippen molar-refractivity contribution in [3.05, 3.63) is 64.7 Å². The number of carbonyl (C=O) groups excluding carboxylic acids is 2. The first kappa shape index (κ1) is 25.7. The van der Waals surface area contributed by atoms with Crippen LogP contribution < -0.4 is 10.1 Å². The fourth-order valence-electron chi connectivity index (χ4n) is 3.47. The third-order valence-corrected chi connectivity index (χ3v) is 5.29. The van der Waals surface area contributed by atoms with E-state index < -0.39 is 11.6 Å². The molecule has 2 aromatic carbocycles. The summed E-state index contributed by atoms with van der Waals surface area (Å²) in [4.78, 5) is 28.0. The minimum absolute atomic E-state index is 0.142. The number of hydrogen-bond acceptors (Lipinski definition) is 3. The molecular weight excluding hydrogens is 424 g/mol. The molecule has 2 aromatic rings. The van der Waals surface area contributed by atoms with Crippen LogP contribution in [0.3, 0.4) is 0 Å². The maximum atomic E-state index is 13.3. The number of hydrogen-bond donors (Lipinski definition) is 1. The Morgan fingerprint density at radius 1 is 1.06 bits per heavy atom. The fourth-order valence-corrected chi connectivity index (χ4v) is 3.60. The van der Waals surface area contributed by atoms with Crippen LogP contribution in [-0.2, 0) is 16.1 Å². The topological polar surface area (TPSA) is 58.6 Å². The van der Waals surface area contributed by atoms with Crippen molar-refractivity contribution in [3.63, 3.8) is 0 Å². The number of benzene rings is 2. The smallest absolute Gasteiger partial charge is 0.261 e. The van der Waals surface area contributed by atoms with Gasteiger partial charge in [0.2, 0.25) is 5.91 Å². The van der Waals surface area contributed by atoms with Gasteiger partial charge in [0.1, 0.15) is 11.8 Å². The van der Waals surface area contributed by atoms with E-state index in [0.29, 0.717) is 23.7 Å². The van der Waals surface area contributed by atoms with Gasteiger partial charge in [0.05, 0.1) is 0 Å². The molecule has 0 aliphatic carbocycles. The average molecular weight is 459 g/mol. The lowest BCUT2D eigenvalue weighted by Crippen LogP contribution is -2.54. The molecule has 0 bridgehead atoms. The molecule has 0 saturated carbocycles. The Labute approximate surface area is 197 Å². The van der Waals surface area contributed by atoms with E-state index in [0.717, 1.165) is 11.1 Å². The summed E-state index contributed by atoms with van der Waals surface area (Å²) in [7, 11) is 0. The lowest BCUT2D eigenvalue weighted by molar-refractivity contribution is -0.143. The zero-order chi connectivity index (χ0) is 23.9. The van der Waals surface area contributed by atoms with E-state index in [1.54, 1.807) is 17.0 Å². The highest BCUT2D eigenvalue weighted by atomic mass is 35.5. The predicted molar refractivity (Wildman–Crippen MR) is 130 cm³/mol. The van der Waals surface area contributed by atoms with Gasteiger partial charge in [-0.05, 0) is 62.4 Å². The van der Waals surface area contributed by atoms with Gasteiger partial charge in [-0.25, -0.2) is 0 Å². The van der Waals surface area contributed by atoms with Crippen LogP contribution in [-0.4, -0.2) is 34.9 Å². The number of halogens is 1. The number of nitrogens with one attached hydrogen (secondary N) is 1. The number of ether oxygens (including phenoxy) is 1. The van der Waals surface area contributed by atoms with Crippen LogP contribution in [0.1, 0.15) is 65.0 Å². The van der Waals surface area contributed by atoms with Crippen molar-refractivity contribution in [1.29, 1.82) is 0 Å². The van der Waals surface area contributed by atoms with E-state index >= 15 is 0 Å². The van der Waals surface area contributed by atoms with Gasteiger partial charge in [0, 0.05) is 17.1 Å². The van der Waals surface area contributed by atoms with Gasteiger partial charge in [-0.1, -0.05) is 62.7 Å². The molecular formula is C26H35ClN2O3. The summed E-state index contributed by atoms with van der Waals surface area (Å²) >= 11 is 6.02. The second-order valence-electron chi connectivity index (χ2n) is 9.29. The van der Waals surface area contributed by atoms with Crippen molar-refractivity contribution in [2.75, 3.05) is 6.61 Å². The highest BCUT2D eigenvalue weighted by Crippen LogP contribution is 2.26. The molecule has 2 amide bonds. The second-order valence-corrected chi connectivity index (χ2v) is 9.73. The molecule has 32 heavy (non-hydrogen) atoms. The minimum Gasteiger partial charge on any atom is -0.483 e. The van der Waals surface area contributed by atoms with Crippen molar-refractivity contribution in [2.24, 2.45) is 0 Å². The third-order valence-electron chi connectivity index (χ3n) is 5.04. The number of amides is 2. The maximum absolute atomic E-state index is 13.3. The first-order valence-electron chi connectivity index (χ1n) is 11.1. The highest BCUT2D eigenvalue weighted by Gasteiger charge is 2.31. The maximum Gasteiger partial charge on any atom is 0.261 e. The number of nitrogens with zero attached hydrogens (tertiary/aromatic N) is 1. The number of rotatable bonds is 9. The molecule has 6 heteroatoms. The van der Waals surface area contributed by atoms with E-state index in [2.05, 4.69) is 19.2 Å². The van der Waals surface area contributed by atoms with Crippen molar-refractivity contribution >= 4 is 23.4 Å². The molecule has 0 heterocycles. The predicted octanol–water partition coefficient (Wildman–Crippen LogP) is 5.56. The zero-order valence-electron chi connectivity index (χ0n) is 19.9. The molecule has 0 saturated heterocycles. The van der Waals surface area contributed by atoms with Crippen LogP contribution in [0.25, 0.3) is 0 Å². The van der Waals surface area contributed by atoms with Crippen molar-refractivity contribution < 1.29 is 14.3 Å². The second kappa shape index (κ2) is 11.4. The van der Waals surface area contributed by atoms with Gasteiger partial charge < -0.3 is 15.0 Å². The van der Waals surface area contributed by atoms with E-state index in [4.69, 9.17) is 16.3 Å². The summed E-state index contributed by atoms with van der Waals surface area (Å²) in [6.45, 7) is 12.0. The van der Waals surface area contributed by atoms with Crippen LogP contribution in [0.4, 0.5) is 0 Å². The standard InChI is InChI=1S/C26H35ClN2O3/c1-7-22(25(31)28-26(4,5)6)29(16-19-12-14-20(27)15-13-19)24(30)17-32-23-11-9-8-10-21(23)18(2)3/h8-15,18,22H,7,16-17H2,1-6H3,(H,28,31)/t22-/m0/s1. The van der Waals surface area contributed by atoms with Crippen molar-refractivity contribution in [1.82, 2.24) is 10.2 Å². The van der Waals surface area contributed by atoms with Gasteiger partial charge in [0.25, 0.3) is 5.91 Å². The highest BCUT2D eigenvalue weighted by molar-refractivity contribution is 6.30. The average Bonchev–Trinajstić information content (AvgIpc) is 2.72. The largest absolute Gasteiger partial charge is 0.483 e. The van der Waals surface area contributed by atoms with Gasteiger partial charge in [-0.2, -0.15) is 0 Å². The van der Waals surface area contributed by atoms with Crippen molar-refractivity contribution in [3.8, 4) is 5.75 Å². The van der Waals surface area contributed by atoms with Gasteiger partial charge >= 0.3 is 0 Å². The van der Waals surface area contributed by atoms with Crippen LogP contribution in [0.2, 0.25) is 5.02 Å². The molecule has 0 unspecified atom stereocenters. The number of carbonyl (C=O) groups is 2. The van der Waals surface area contributed by atoms with E-state index in [1.165, 1.54) is 0 Å². The molecule has 5 nitrogen and oxygen atoms in total. The van der Waals surface area contributed by atoms with Crippen molar-refractivity contribution in [2.45, 2.75) is 72.0 Å². The van der Waals surface area contributed by atoms with Crippen LogP contribution >= 0.6 is 11.6 Å². The minimum atomic E-state index is -0.610. The fraction of sp³-hybridized carbons (Fsp3) is 0.462. The molecule has 0 aliphatic rings. The summed E-state index contributed by atoms with van der Waals surface area (Å²) in [6, 6.07) is 14.4. The Hall–Kier alpha value is -2.53. The molecule has 0 spiro atoms. The summed E-state index contributed by atoms with van der Waals surface area (Å²) in [5, 5.41) is 3.63. The summed E-state index contributed by atoms with van der Waals surface area (Å²) in [5.74, 6) is 0.543. The van der Waals surface area contributed by atoms with E-state index in [-0.39, 0.29) is 24.3 Å². The van der Waals surface area contributed by atoms with Gasteiger partial charge in [-0.15, -0.1) is 0 Å². The Kier molecular flexibility index (Phi) is 9.14. The SMILES string of the molecule is CC[C@@H](C(=O)NC(C)(C)C)N(Cc1ccc(Cl)cc1)C(=O)COc1ccccc1C(C)C. The van der Waals surface area contributed by atoms with E-state index in [9.17, 15) is 9.59 Å². The molecule has 0 aromatic heterocycles. The Morgan fingerprint density at radius 2 is 1.69 bits per heavy atom. The molecule has 0 fully saturated rings. The first-order chi connectivity index (χ1) is 15.0. The quantitative estimate of drug-likeness (QED) is 0.534. The normalized spacial score (nSPS) is 12.4. The van der Waals surface area contributed by atoms with Gasteiger partial charge in [0.15, 0.2) is 6.61 Å². The molecule has 0 radical (unpaired) electrons. The summed E-state index contributed by atoms with van der Waals surface area (Å²) in [6.07, 6.45) is 0.490. The molecule has 0 aliphatic heterocycles. The zero-order valence-corrected chi connectivity index (χ0v) is 20.7. The summed E-state index contributed by atoms with van der Waals surface area (Å²) < 4.78 is 5.93. The lowest BCUT2D eigenvalue weighted by atomic mass is 10.0. The van der Waals surface area contributed by atoms with Crippen LogP contribution in [0.15, 0.2) is 48.5 Å². The first-order valence-corrected chi connectivity index (χ1v) is 11.5. The Balaban J connectivity index is 2.27. The van der Waals surface area contributed by atoms with E-state index in [1.807, 2.05) is 64.1 Å². The summed E-state index contributed by atoms with van der Waals surface area (Å²) in [5.41, 5.74) is 1.54. The molecule has 174 valence electrons. The third kappa shape index (κ3) is 7.56. The molecule has 1 N–H and O–H groups in total. The monoisotopic (exact) mass is 458 g/mol. The van der Waals surface area contributed by atoms with Crippen LogP contribution in [0.5, 0.6) is 5.75 Å². The lowest BCUT2D eigenvalue weighted by Gasteiger charge is -2.33. The molecule has 1 atom stereocenters.